The largest absolute Gasteiger partial charge is 0.383 e. The molecule has 2 aromatic carbocycles. The topological polar surface area (TPSA) is 47.4 Å². The molecule has 1 saturated heterocycles. The van der Waals surface area contributed by atoms with Gasteiger partial charge in [-0.1, -0.05) is 51.1 Å². The fourth-order valence-corrected chi connectivity index (χ4v) is 4.15. The van der Waals surface area contributed by atoms with Crippen LogP contribution in [0.1, 0.15) is 62.2 Å². The van der Waals surface area contributed by atoms with Crippen molar-refractivity contribution in [1.29, 1.82) is 0 Å². The minimum atomic E-state index is -0.0639. The molecule has 5 heteroatoms. The highest BCUT2D eigenvalue weighted by Gasteiger charge is 2.22. The van der Waals surface area contributed by atoms with Gasteiger partial charge in [0, 0.05) is 50.1 Å². The van der Waals surface area contributed by atoms with Crippen molar-refractivity contribution in [3.8, 4) is 11.1 Å². The molecule has 0 bridgehead atoms. The zero-order valence-corrected chi connectivity index (χ0v) is 19.8. The molecule has 0 spiro atoms. The van der Waals surface area contributed by atoms with Gasteiger partial charge in [-0.25, -0.2) is 4.68 Å². The average molecular weight is 432 g/mol. The Hall–Kier alpha value is -2.92. The SMILES string of the molecule is CN(C)/C=C/C(=O)c1c(-c2ccc(C(C)(C)C)cc2)ccc2nn(C3CCCCO3)cc12. The Morgan fingerprint density at radius 3 is 2.50 bits per heavy atom. The first-order chi connectivity index (χ1) is 15.2. The molecule has 168 valence electrons. The van der Waals surface area contributed by atoms with Gasteiger partial charge in [-0.05, 0) is 47.4 Å². The normalized spacial score (nSPS) is 17.2. The van der Waals surface area contributed by atoms with Gasteiger partial charge in [0.25, 0.3) is 0 Å². The minimum Gasteiger partial charge on any atom is -0.383 e. The van der Waals surface area contributed by atoms with Crippen molar-refractivity contribution < 1.29 is 9.53 Å². The standard InChI is InChI=1S/C27H33N3O2/c1-27(2,3)20-11-9-19(10-12-20)21-13-14-23-22(26(21)24(31)15-16-29(4)5)18-30(28-23)25-8-6-7-17-32-25/h9-16,18,25H,6-8,17H2,1-5H3/b16-15+. The van der Waals surface area contributed by atoms with Crippen LogP contribution in [-0.4, -0.2) is 41.2 Å². The predicted molar refractivity (Wildman–Crippen MR) is 130 cm³/mol. The molecule has 1 aromatic heterocycles. The number of aromatic nitrogens is 2. The summed E-state index contributed by atoms with van der Waals surface area (Å²) in [5, 5.41) is 5.63. The summed E-state index contributed by atoms with van der Waals surface area (Å²) in [6.45, 7) is 7.37. The van der Waals surface area contributed by atoms with Gasteiger partial charge in [0.05, 0.1) is 5.52 Å². The van der Waals surface area contributed by atoms with E-state index in [9.17, 15) is 4.79 Å². The zero-order chi connectivity index (χ0) is 22.9. The second-order valence-electron chi connectivity index (χ2n) is 9.82. The summed E-state index contributed by atoms with van der Waals surface area (Å²) >= 11 is 0. The third kappa shape index (κ3) is 4.63. The molecule has 0 N–H and O–H groups in total. The van der Waals surface area contributed by atoms with E-state index in [1.807, 2.05) is 42.0 Å². The summed E-state index contributed by atoms with van der Waals surface area (Å²) in [6, 6.07) is 12.6. The van der Waals surface area contributed by atoms with Crippen molar-refractivity contribution >= 4 is 16.7 Å². The van der Waals surface area contributed by atoms with E-state index < -0.39 is 0 Å². The van der Waals surface area contributed by atoms with Gasteiger partial charge in [-0.3, -0.25) is 4.79 Å². The third-order valence-electron chi connectivity index (χ3n) is 5.99. The molecule has 1 aliphatic heterocycles. The Kier molecular flexibility index (Phi) is 6.20. The molecule has 4 rings (SSSR count). The summed E-state index contributed by atoms with van der Waals surface area (Å²) in [7, 11) is 3.82. The number of hydrogen-bond acceptors (Lipinski definition) is 4. The molecule has 1 unspecified atom stereocenters. The number of ether oxygens (including phenoxy) is 1. The summed E-state index contributed by atoms with van der Waals surface area (Å²) in [5.74, 6) is -0.0247. The molecule has 5 nitrogen and oxygen atoms in total. The van der Waals surface area contributed by atoms with Gasteiger partial charge in [0.2, 0.25) is 0 Å². The molecule has 1 aliphatic rings. The van der Waals surface area contributed by atoms with Crippen molar-refractivity contribution in [2.75, 3.05) is 20.7 Å². The Balaban J connectivity index is 1.84. The molecule has 32 heavy (non-hydrogen) atoms. The highest BCUT2D eigenvalue weighted by Crippen LogP contribution is 2.34. The summed E-state index contributed by atoms with van der Waals surface area (Å²) in [5.41, 5.74) is 4.81. The first-order valence-corrected chi connectivity index (χ1v) is 11.4. The van der Waals surface area contributed by atoms with E-state index in [2.05, 4.69) is 45.0 Å². The molecule has 3 aromatic rings. The number of nitrogens with zero attached hydrogens (tertiary/aromatic N) is 3. The van der Waals surface area contributed by atoms with Crippen LogP contribution < -0.4 is 0 Å². The van der Waals surface area contributed by atoms with Crippen LogP contribution in [0, 0.1) is 0 Å². The molecule has 0 aliphatic carbocycles. The number of rotatable bonds is 5. The van der Waals surface area contributed by atoms with E-state index in [-0.39, 0.29) is 17.4 Å². The number of ketones is 1. The van der Waals surface area contributed by atoms with Gasteiger partial charge >= 0.3 is 0 Å². The van der Waals surface area contributed by atoms with E-state index in [0.29, 0.717) is 5.56 Å². The van der Waals surface area contributed by atoms with Crippen molar-refractivity contribution in [3.63, 3.8) is 0 Å². The maximum Gasteiger partial charge on any atom is 0.188 e. The minimum absolute atomic E-state index is 0.0247. The van der Waals surface area contributed by atoms with Crippen LogP contribution in [0.5, 0.6) is 0 Å². The molecule has 1 atom stereocenters. The van der Waals surface area contributed by atoms with Crippen molar-refractivity contribution in [2.24, 2.45) is 0 Å². The average Bonchev–Trinajstić information content (AvgIpc) is 3.21. The first kappa shape index (κ1) is 22.3. The highest BCUT2D eigenvalue weighted by atomic mass is 16.5. The van der Waals surface area contributed by atoms with E-state index >= 15 is 0 Å². The second-order valence-corrected chi connectivity index (χ2v) is 9.82. The Morgan fingerprint density at radius 2 is 1.88 bits per heavy atom. The molecular weight excluding hydrogens is 398 g/mol. The Morgan fingerprint density at radius 1 is 1.12 bits per heavy atom. The summed E-state index contributed by atoms with van der Waals surface area (Å²) < 4.78 is 7.82. The predicted octanol–water partition coefficient (Wildman–Crippen LogP) is 5.96. The number of carbonyl (C=O) groups is 1. The highest BCUT2D eigenvalue weighted by molar-refractivity contribution is 6.17. The lowest BCUT2D eigenvalue weighted by atomic mass is 9.85. The lowest BCUT2D eigenvalue weighted by molar-refractivity contribution is -0.0390. The Bertz CT molecular complexity index is 1130. The quantitative estimate of drug-likeness (QED) is 0.369. The lowest BCUT2D eigenvalue weighted by Crippen LogP contribution is -2.18. The summed E-state index contributed by atoms with van der Waals surface area (Å²) in [4.78, 5) is 15.3. The molecule has 0 radical (unpaired) electrons. The zero-order valence-electron chi connectivity index (χ0n) is 19.8. The second kappa shape index (κ2) is 8.91. The lowest BCUT2D eigenvalue weighted by Gasteiger charge is -2.22. The number of allylic oxidation sites excluding steroid dienone is 1. The number of hydrogen-bond donors (Lipinski definition) is 0. The van der Waals surface area contributed by atoms with Crippen molar-refractivity contribution in [2.45, 2.75) is 51.7 Å². The van der Waals surface area contributed by atoms with Gasteiger partial charge in [0.1, 0.15) is 6.23 Å². The van der Waals surface area contributed by atoms with Gasteiger partial charge in [0.15, 0.2) is 5.78 Å². The molecule has 0 saturated carbocycles. The van der Waals surface area contributed by atoms with Crippen LogP contribution in [0.3, 0.4) is 0 Å². The van der Waals surface area contributed by atoms with Crippen LogP contribution in [0.25, 0.3) is 22.0 Å². The van der Waals surface area contributed by atoms with Crippen LogP contribution in [0.4, 0.5) is 0 Å². The maximum atomic E-state index is 13.4. The number of benzene rings is 2. The van der Waals surface area contributed by atoms with E-state index in [0.717, 1.165) is 47.9 Å². The van der Waals surface area contributed by atoms with Crippen molar-refractivity contribution in [3.05, 3.63) is 66.0 Å². The van der Waals surface area contributed by atoms with E-state index in [1.54, 1.807) is 12.3 Å². The van der Waals surface area contributed by atoms with Gasteiger partial charge < -0.3 is 9.64 Å². The van der Waals surface area contributed by atoms with E-state index in [4.69, 9.17) is 9.84 Å². The number of carbonyl (C=O) groups excluding carboxylic acids is 1. The van der Waals surface area contributed by atoms with E-state index in [1.165, 1.54) is 5.56 Å². The fourth-order valence-electron chi connectivity index (χ4n) is 4.15. The van der Waals surface area contributed by atoms with Crippen LogP contribution in [0.15, 0.2) is 54.9 Å². The van der Waals surface area contributed by atoms with Crippen LogP contribution in [-0.2, 0) is 10.2 Å². The third-order valence-corrected chi connectivity index (χ3v) is 5.99. The van der Waals surface area contributed by atoms with Crippen LogP contribution >= 0.6 is 0 Å². The smallest absolute Gasteiger partial charge is 0.188 e. The number of fused-ring (bicyclic) bond motifs is 1. The van der Waals surface area contributed by atoms with Gasteiger partial charge in [-0.15, -0.1) is 0 Å². The fraction of sp³-hybridized carbons (Fsp3) is 0.407. The molecular formula is C27H33N3O2. The molecule has 0 amide bonds. The monoisotopic (exact) mass is 431 g/mol. The van der Waals surface area contributed by atoms with Crippen LogP contribution in [0.2, 0.25) is 0 Å². The molecule has 2 heterocycles. The maximum absolute atomic E-state index is 13.4. The first-order valence-electron chi connectivity index (χ1n) is 11.4. The van der Waals surface area contributed by atoms with Crippen molar-refractivity contribution in [1.82, 2.24) is 14.7 Å². The summed E-state index contributed by atoms with van der Waals surface area (Å²) in [6.07, 6.45) is 8.51. The van der Waals surface area contributed by atoms with Gasteiger partial charge in [-0.2, -0.15) is 5.10 Å². The molecule has 1 fully saturated rings. The Labute approximate surface area is 190 Å².